The van der Waals surface area contributed by atoms with Crippen molar-refractivity contribution in [3.8, 4) is 11.8 Å². The first-order valence-corrected chi connectivity index (χ1v) is 13.3. The highest BCUT2D eigenvalue weighted by Crippen LogP contribution is 2.50. The van der Waals surface area contributed by atoms with Gasteiger partial charge in [0.2, 0.25) is 0 Å². The summed E-state index contributed by atoms with van der Waals surface area (Å²) in [6.45, 7) is 2.05. The molecular formula is C23H24F6N2O4S2. The Hall–Kier alpha value is -2.31. The van der Waals surface area contributed by atoms with Gasteiger partial charge in [0.15, 0.2) is 0 Å². The number of alkyl halides is 6. The number of halogens is 6. The van der Waals surface area contributed by atoms with Gasteiger partial charge in [-0.25, -0.2) is 8.42 Å². The van der Waals surface area contributed by atoms with Crippen LogP contribution >= 0.6 is 11.3 Å². The van der Waals surface area contributed by atoms with Crippen LogP contribution < -0.4 is 4.90 Å². The predicted octanol–water partition coefficient (Wildman–Crippen LogP) is 4.35. The van der Waals surface area contributed by atoms with Gasteiger partial charge in [-0.1, -0.05) is 30.9 Å². The van der Waals surface area contributed by atoms with Crippen LogP contribution in [0.4, 0.5) is 32.0 Å². The second kappa shape index (κ2) is 10.8. The minimum Gasteiger partial charge on any atom is -0.369 e. The summed E-state index contributed by atoms with van der Waals surface area (Å²) in [7, 11) is -2.36. The maximum Gasteiger partial charge on any atom is 0.430 e. The third-order valence-corrected chi connectivity index (χ3v) is 9.20. The summed E-state index contributed by atoms with van der Waals surface area (Å²) in [6.07, 6.45) is -12.3. The molecule has 0 saturated carbocycles. The summed E-state index contributed by atoms with van der Waals surface area (Å²) >= 11 is 1.06. The molecule has 0 amide bonds. The zero-order valence-electron chi connectivity index (χ0n) is 19.7. The Kier molecular flexibility index (Phi) is 8.55. The summed E-state index contributed by atoms with van der Waals surface area (Å²) in [5.41, 5.74) is -6.50. The number of benzene rings is 1. The zero-order valence-corrected chi connectivity index (χ0v) is 21.4. The van der Waals surface area contributed by atoms with Crippen molar-refractivity contribution in [3.63, 3.8) is 0 Å². The molecule has 0 bridgehead atoms. The van der Waals surface area contributed by atoms with Crippen molar-refractivity contribution < 1.29 is 44.6 Å². The van der Waals surface area contributed by atoms with Gasteiger partial charge in [0.1, 0.15) is 10.3 Å². The van der Waals surface area contributed by atoms with E-state index in [2.05, 4.69) is 11.8 Å². The number of rotatable bonds is 6. The zero-order chi connectivity index (χ0) is 27.6. The number of aliphatic hydroxyl groups is 1. The van der Waals surface area contributed by atoms with E-state index in [9.17, 15) is 39.9 Å². The van der Waals surface area contributed by atoms with Crippen molar-refractivity contribution in [2.75, 3.05) is 38.2 Å². The van der Waals surface area contributed by atoms with Crippen LogP contribution in [0.5, 0.6) is 0 Å². The minimum absolute atomic E-state index is 0.0412. The smallest absolute Gasteiger partial charge is 0.369 e. The topological polar surface area (TPSA) is 70.1 Å². The molecule has 14 heteroatoms. The Morgan fingerprint density at radius 1 is 1.08 bits per heavy atom. The monoisotopic (exact) mass is 570 g/mol. The van der Waals surface area contributed by atoms with E-state index in [-0.39, 0.29) is 41.6 Å². The Morgan fingerprint density at radius 3 is 2.19 bits per heavy atom. The summed E-state index contributed by atoms with van der Waals surface area (Å²) in [5.74, 6) is 5.27. The van der Waals surface area contributed by atoms with E-state index in [4.69, 9.17) is 4.74 Å². The number of methoxy groups -OCH3 is 1. The summed E-state index contributed by atoms with van der Waals surface area (Å²) < 4.78 is 113. The molecule has 2 aromatic rings. The molecule has 2 heterocycles. The molecule has 1 aliphatic rings. The average Bonchev–Trinajstić information content (AvgIpc) is 3.39. The van der Waals surface area contributed by atoms with Crippen LogP contribution in [0.25, 0.3) is 0 Å². The SMILES string of the molecule is CC[C@@H](C#Cc1cc(C(O)(C(F)(F)F)C(F)(F)F)ccc1N1CCN(S(=O)(=O)c2cccs2)CC1)OC. The fraction of sp³-hybridized carbons (Fsp3) is 0.478. The van der Waals surface area contributed by atoms with Gasteiger partial charge in [0.05, 0.1) is 5.69 Å². The first kappa shape index (κ1) is 29.2. The highest BCUT2D eigenvalue weighted by Gasteiger charge is 2.71. The van der Waals surface area contributed by atoms with E-state index in [1.165, 1.54) is 17.5 Å². The maximum absolute atomic E-state index is 13.5. The maximum atomic E-state index is 13.5. The van der Waals surface area contributed by atoms with Crippen LogP contribution in [-0.2, 0) is 20.4 Å². The van der Waals surface area contributed by atoms with Gasteiger partial charge in [-0.15, -0.1) is 11.3 Å². The number of nitrogens with zero attached hydrogens (tertiary/aromatic N) is 2. The fourth-order valence-corrected chi connectivity index (χ4v) is 6.38. The average molecular weight is 571 g/mol. The normalized spacial score (nSPS) is 16.8. The van der Waals surface area contributed by atoms with E-state index in [0.29, 0.717) is 18.6 Å². The van der Waals surface area contributed by atoms with E-state index in [1.54, 1.807) is 23.3 Å². The van der Waals surface area contributed by atoms with E-state index in [0.717, 1.165) is 17.4 Å². The molecule has 1 aromatic heterocycles. The number of hydrogen-bond donors (Lipinski definition) is 1. The second-order valence-electron chi connectivity index (χ2n) is 8.16. The van der Waals surface area contributed by atoms with Crippen molar-refractivity contribution in [1.29, 1.82) is 0 Å². The lowest BCUT2D eigenvalue weighted by atomic mass is 9.90. The van der Waals surface area contributed by atoms with Crippen molar-refractivity contribution in [2.24, 2.45) is 0 Å². The molecule has 1 atom stereocenters. The Morgan fingerprint density at radius 2 is 1.70 bits per heavy atom. The van der Waals surface area contributed by atoms with Crippen LogP contribution in [0.1, 0.15) is 24.5 Å². The van der Waals surface area contributed by atoms with Crippen LogP contribution in [0.3, 0.4) is 0 Å². The molecular weight excluding hydrogens is 546 g/mol. The van der Waals surface area contributed by atoms with E-state index < -0.39 is 39.6 Å². The quantitative estimate of drug-likeness (QED) is 0.413. The summed E-state index contributed by atoms with van der Waals surface area (Å²) in [4.78, 5) is 1.63. The van der Waals surface area contributed by atoms with Crippen LogP contribution in [-0.4, -0.2) is 69.6 Å². The molecule has 0 radical (unpaired) electrons. The Bertz CT molecular complexity index is 1220. The number of sulfonamides is 1. The van der Waals surface area contributed by atoms with E-state index >= 15 is 0 Å². The molecule has 1 N–H and O–H groups in total. The van der Waals surface area contributed by atoms with Crippen molar-refractivity contribution >= 4 is 27.0 Å². The first-order valence-electron chi connectivity index (χ1n) is 11.0. The largest absolute Gasteiger partial charge is 0.430 e. The number of piperazine rings is 1. The van der Waals surface area contributed by atoms with Crippen molar-refractivity contribution in [2.45, 2.75) is 41.6 Å². The molecule has 1 saturated heterocycles. The van der Waals surface area contributed by atoms with E-state index in [1.807, 2.05) is 0 Å². The molecule has 1 fully saturated rings. The predicted molar refractivity (Wildman–Crippen MR) is 126 cm³/mol. The molecule has 0 aliphatic carbocycles. The highest BCUT2D eigenvalue weighted by molar-refractivity contribution is 7.91. The van der Waals surface area contributed by atoms with Crippen LogP contribution in [0, 0.1) is 11.8 Å². The molecule has 0 unspecified atom stereocenters. The number of anilines is 1. The third-order valence-electron chi connectivity index (χ3n) is 5.93. The molecule has 6 nitrogen and oxygen atoms in total. The molecule has 1 aromatic carbocycles. The molecule has 0 spiro atoms. The summed E-state index contributed by atoms with van der Waals surface area (Å²) in [6, 6.07) is 5.23. The van der Waals surface area contributed by atoms with Gasteiger partial charge in [-0.3, -0.25) is 0 Å². The first-order chi connectivity index (χ1) is 17.2. The van der Waals surface area contributed by atoms with Gasteiger partial charge in [0, 0.05) is 44.4 Å². The van der Waals surface area contributed by atoms with Crippen molar-refractivity contribution in [3.05, 3.63) is 46.8 Å². The number of hydrogen-bond acceptors (Lipinski definition) is 6. The van der Waals surface area contributed by atoms with Gasteiger partial charge >= 0.3 is 12.4 Å². The Balaban J connectivity index is 2.00. The Labute approximate surface area is 214 Å². The van der Waals surface area contributed by atoms with Gasteiger partial charge in [-0.05, 0) is 30.0 Å². The van der Waals surface area contributed by atoms with Gasteiger partial charge in [-0.2, -0.15) is 30.6 Å². The lowest BCUT2D eigenvalue weighted by Crippen LogP contribution is -2.54. The van der Waals surface area contributed by atoms with Crippen LogP contribution in [0.2, 0.25) is 0 Å². The molecule has 204 valence electrons. The van der Waals surface area contributed by atoms with Crippen LogP contribution in [0.15, 0.2) is 39.9 Å². The molecule has 1 aliphatic heterocycles. The van der Waals surface area contributed by atoms with Gasteiger partial charge in [0.25, 0.3) is 15.6 Å². The lowest BCUT2D eigenvalue weighted by Gasteiger charge is -2.36. The lowest BCUT2D eigenvalue weighted by molar-refractivity contribution is -0.376. The standard InChI is InChI=1S/C23H24F6N2O4S2/c1-3-18(35-2)8-6-16-15-17(21(32,22(24,25)26)23(27,28)29)7-9-19(16)30-10-12-31(13-11-30)37(33,34)20-5-4-14-36-20/h4-5,7,9,14-15,18,32H,3,10-13H2,1-2H3/t18-/m0/s1. The summed E-state index contributed by atoms with van der Waals surface area (Å²) in [5, 5.41) is 11.5. The number of thiophene rings is 1. The minimum atomic E-state index is -6.04. The van der Waals surface area contributed by atoms with Crippen molar-refractivity contribution in [1.82, 2.24) is 4.31 Å². The molecule has 37 heavy (non-hydrogen) atoms. The second-order valence-corrected chi connectivity index (χ2v) is 11.3. The third kappa shape index (κ3) is 5.75. The fourth-order valence-electron chi connectivity index (χ4n) is 3.82. The number of ether oxygens (including phenoxy) is 1. The molecule has 3 rings (SSSR count). The van der Waals surface area contributed by atoms with Gasteiger partial charge < -0.3 is 14.7 Å². The highest BCUT2D eigenvalue weighted by atomic mass is 32.2.